The van der Waals surface area contributed by atoms with Crippen LogP contribution in [0.25, 0.3) is 6.08 Å². The number of benzene rings is 1. The predicted molar refractivity (Wildman–Crippen MR) is 156 cm³/mol. The molecule has 220 valence electrons. The zero-order valence-corrected chi connectivity index (χ0v) is 24.7. The topological polar surface area (TPSA) is 99.1 Å². The quantitative estimate of drug-likeness (QED) is 0.142. The van der Waals surface area contributed by atoms with Crippen LogP contribution in [0.5, 0.6) is 0 Å². The third-order valence-corrected chi connectivity index (χ3v) is 9.53. The zero-order valence-electron chi connectivity index (χ0n) is 24.7. The van der Waals surface area contributed by atoms with Crippen molar-refractivity contribution >= 4 is 24.0 Å². The third kappa shape index (κ3) is 5.96. The van der Waals surface area contributed by atoms with Crippen molar-refractivity contribution in [3.05, 3.63) is 77.9 Å². The van der Waals surface area contributed by atoms with Crippen molar-refractivity contribution in [1.29, 1.82) is 0 Å². The molecule has 1 spiro atoms. The van der Waals surface area contributed by atoms with E-state index < -0.39 is 47.7 Å². The van der Waals surface area contributed by atoms with Gasteiger partial charge < -0.3 is 19.3 Å². The summed E-state index contributed by atoms with van der Waals surface area (Å²) in [5.74, 6) is -1.60. The van der Waals surface area contributed by atoms with Crippen LogP contribution in [0.1, 0.15) is 65.9 Å². The molecule has 0 heterocycles. The van der Waals surface area contributed by atoms with Gasteiger partial charge in [-0.2, -0.15) is 0 Å². The molecule has 8 atom stereocenters. The van der Waals surface area contributed by atoms with Gasteiger partial charge in [-0.15, -0.1) is 0 Å². The van der Waals surface area contributed by atoms with Gasteiger partial charge in [0.2, 0.25) is 0 Å². The van der Waals surface area contributed by atoms with Crippen LogP contribution in [-0.4, -0.2) is 47.4 Å². The maximum absolute atomic E-state index is 13.3. The van der Waals surface area contributed by atoms with E-state index in [-0.39, 0.29) is 23.7 Å². The Morgan fingerprint density at radius 1 is 1.00 bits per heavy atom. The van der Waals surface area contributed by atoms with Crippen LogP contribution < -0.4 is 0 Å². The maximum Gasteiger partial charge on any atom is 0.331 e. The summed E-state index contributed by atoms with van der Waals surface area (Å²) >= 11 is 0. The molecule has 0 amide bonds. The summed E-state index contributed by atoms with van der Waals surface area (Å²) in [5.41, 5.74) is 1.25. The smallest absolute Gasteiger partial charge is 0.331 e. The Balaban J connectivity index is 1.85. The Bertz CT molecular complexity index is 1260. The fourth-order valence-corrected chi connectivity index (χ4v) is 7.45. The number of rotatable bonds is 8. The van der Waals surface area contributed by atoms with Gasteiger partial charge in [0.15, 0.2) is 0 Å². The van der Waals surface area contributed by atoms with Crippen molar-refractivity contribution in [3.63, 3.8) is 0 Å². The van der Waals surface area contributed by atoms with Gasteiger partial charge in [0.25, 0.3) is 0 Å². The van der Waals surface area contributed by atoms with E-state index in [9.17, 15) is 19.5 Å². The van der Waals surface area contributed by atoms with Crippen molar-refractivity contribution in [2.75, 3.05) is 0 Å². The Labute approximate surface area is 242 Å². The minimum Gasteiger partial charge on any atom is -0.461 e. The molecule has 4 rings (SSSR count). The van der Waals surface area contributed by atoms with E-state index in [1.165, 1.54) is 19.9 Å². The van der Waals surface area contributed by atoms with E-state index in [0.717, 1.165) is 11.1 Å². The molecule has 1 aromatic rings. The number of hydrogen-bond acceptors (Lipinski definition) is 7. The molecule has 7 heteroatoms. The molecule has 0 saturated heterocycles. The lowest BCUT2D eigenvalue weighted by molar-refractivity contribution is -0.203. The number of aliphatic hydroxyl groups is 1. The van der Waals surface area contributed by atoms with Crippen LogP contribution in [-0.2, 0) is 28.6 Å². The molecule has 0 radical (unpaired) electrons. The van der Waals surface area contributed by atoms with Gasteiger partial charge in [0, 0.05) is 26.3 Å². The number of carbonyl (C=O) groups is 3. The van der Waals surface area contributed by atoms with E-state index in [4.69, 9.17) is 14.2 Å². The molecule has 2 fully saturated rings. The Hall–Kier alpha value is -3.45. The summed E-state index contributed by atoms with van der Waals surface area (Å²) in [5, 5.41) is 11.2. The van der Waals surface area contributed by atoms with Gasteiger partial charge in [-0.05, 0) is 60.6 Å². The maximum atomic E-state index is 13.3. The summed E-state index contributed by atoms with van der Waals surface area (Å²) in [6.45, 7) is 12.9. The normalized spacial score (nSPS) is 34.7. The highest BCUT2D eigenvalue weighted by atomic mass is 16.6. The molecule has 0 aliphatic heterocycles. The van der Waals surface area contributed by atoms with Gasteiger partial charge >= 0.3 is 17.9 Å². The van der Waals surface area contributed by atoms with Gasteiger partial charge in [-0.25, -0.2) is 4.79 Å². The third-order valence-electron chi connectivity index (χ3n) is 9.53. The van der Waals surface area contributed by atoms with Crippen molar-refractivity contribution in [2.45, 2.75) is 84.7 Å². The van der Waals surface area contributed by atoms with Gasteiger partial charge in [0.1, 0.15) is 18.3 Å². The first-order chi connectivity index (χ1) is 19.4. The van der Waals surface area contributed by atoms with Crippen molar-refractivity contribution in [2.24, 2.45) is 22.7 Å². The Morgan fingerprint density at radius 3 is 2.29 bits per heavy atom. The molecule has 7 nitrogen and oxygen atoms in total. The minimum absolute atomic E-state index is 0.0835. The number of aliphatic hydroxyl groups excluding tert-OH is 1. The molecule has 0 aromatic heterocycles. The molecule has 0 bridgehead atoms. The number of carbonyl (C=O) groups excluding carboxylic acids is 3. The Kier molecular flexibility index (Phi) is 9.07. The van der Waals surface area contributed by atoms with Crippen molar-refractivity contribution in [1.82, 2.24) is 0 Å². The molecule has 3 aliphatic carbocycles. The summed E-state index contributed by atoms with van der Waals surface area (Å²) in [4.78, 5) is 38.0. The van der Waals surface area contributed by atoms with Crippen LogP contribution in [0, 0.1) is 22.7 Å². The lowest BCUT2D eigenvalue weighted by Gasteiger charge is -2.61. The molecule has 0 unspecified atom stereocenters. The average Bonchev–Trinajstić information content (AvgIpc) is 3.20. The Morgan fingerprint density at radius 2 is 1.66 bits per heavy atom. The van der Waals surface area contributed by atoms with Gasteiger partial charge in [-0.3, -0.25) is 9.59 Å². The second-order valence-corrected chi connectivity index (χ2v) is 12.0. The fourth-order valence-electron chi connectivity index (χ4n) is 7.45. The standard InChI is InChI=1S/C34H42O7/c1-7-21(2)15-16-33(6)22(3)17-30(41-32(38)14-13-25-11-9-8-10-12-25)34-27(18-26(37)19-29(33)34)28(39-23(4)35)20-31(34)40-24(5)36/h7-15,18,22,26,28-31,37H,1,16-17,19-20H2,2-6H3/b14-13+,21-15+/t22-,26+,28+,29+,30+,31+,33-,34-/m0/s1. The second kappa shape index (κ2) is 12.2. The highest BCUT2D eigenvalue weighted by Gasteiger charge is 2.71. The number of hydrogen-bond donors (Lipinski definition) is 1. The lowest BCUT2D eigenvalue weighted by Crippen LogP contribution is -2.63. The molecule has 1 N–H and O–H groups in total. The molecular formula is C34H42O7. The monoisotopic (exact) mass is 562 g/mol. The van der Waals surface area contributed by atoms with E-state index in [0.29, 0.717) is 24.8 Å². The number of ether oxygens (including phenoxy) is 3. The average molecular weight is 563 g/mol. The first-order valence-corrected chi connectivity index (χ1v) is 14.4. The summed E-state index contributed by atoms with van der Waals surface area (Å²) in [6, 6.07) is 9.48. The summed E-state index contributed by atoms with van der Waals surface area (Å²) in [6.07, 6.45) is 7.76. The minimum atomic E-state index is -0.974. The van der Waals surface area contributed by atoms with Crippen molar-refractivity contribution < 1.29 is 33.7 Å². The second-order valence-electron chi connectivity index (χ2n) is 12.0. The molecule has 2 saturated carbocycles. The van der Waals surface area contributed by atoms with Crippen LogP contribution in [0.2, 0.25) is 0 Å². The number of esters is 3. The first kappa shape index (κ1) is 30.5. The molecular weight excluding hydrogens is 520 g/mol. The number of allylic oxidation sites excluding steroid dienone is 3. The van der Waals surface area contributed by atoms with Gasteiger partial charge in [0.05, 0.1) is 11.5 Å². The van der Waals surface area contributed by atoms with Crippen LogP contribution >= 0.6 is 0 Å². The summed E-state index contributed by atoms with van der Waals surface area (Å²) in [7, 11) is 0. The molecule has 3 aliphatic rings. The lowest BCUT2D eigenvalue weighted by atomic mass is 9.44. The highest BCUT2D eigenvalue weighted by molar-refractivity contribution is 5.87. The van der Waals surface area contributed by atoms with Crippen LogP contribution in [0.4, 0.5) is 0 Å². The largest absolute Gasteiger partial charge is 0.461 e. The molecule has 1 aromatic carbocycles. The van der Waals surface area contributed by atoms with E-state index in [1.807, 2.05) is 43.3 Å². The fraction of sp³-hybridized carbons (Fsp3) is 0.500. The van der Waals surface area contributed by atoms with E-state index >= 15 is 0 Å². The van der Waals surface area contributed by atoms with Crippen LogP contribution in [0.3, 0.4) is 0 Å². The molecule has 41 heavy (non-hydrogen) atoms. The van der Waals surface area contributed by atoms with Crippen LogP contribution in [0.15, 0.2) is 72.4 Å². The highest BCUT2D eigenvalue weighted by Crippen LogP contribution is 2.68. The van der Waals surface area contributed by atoms with E-state index in [2.05, 4.69) is 26.5 Å². The van der Waals surface area contributed by atoms with Crippen molar-refractivity contribution in [3.8, 4) is 0 Å². The zero-order chi connectivity index (χ0) is 29.9. The summed E-state index contributed by atoms with van der Waals surface area (Å²) < 4.78 is 18.1. The predicted octanol–water partition coefficient (Wildman–Crippen LogP) is 5.74. The SMILES string of the molecule is C=C/C(C)=C/C[C@]1(C)[C@H]2C[C@H](O)C=C3[C@H](OC(C)=O)C[C@@H](OC(C)=O)[C@@]32[C@H](OC(=O)/C=C/c2ccccc2)C[C@@H]1C. The first-order valence-electron chi connectivity index (χ1n) is 14.4. The van der Waals surface area contributed by atoms with Gasteiger partial charge in [-0.1, -0.05) is 74.6 Å². The van der Waals surface area contributed by atoms with E-state index in [1.54, 1.807) is 12.2 Å².